The van der Waals surface area contributed by atoms with Gasteiger partial charge in [-0.15, -0.1) is 0 Å². The summed E-state index contributed by atoms with van der Waals surface area (Å²) < 4.78 is 7.19. The van der Waals surface area contributed by atoms with Crippen LogP contribution < -0.4 is 5.32 Å². The van der Waals surface area contributed by atoms with E-state index in [2.05, 4.69) is 15.3 Å². The van der Waals surface area contributed by atoms with Crippen molar-refractivity contribution >= 4 is 11.8 Å². The number of carbonyl (C=O) groups is 2. The summed E-state index contributed by atoms with van der Waals surface area (Å²) in [5.41, 5.74) is 2.10. The van der Waals surface area contributed by atoms with E-state index in [0.29, 0.717) is 45.9 Å². The molecule has 3 heterocycles. The molecule has 2 aliphatic rings. The van der Waals surface area contributed by atoms with Crippen LogP contribution in [-0.4, -0.2) is 83.9 Å². The van der Waals surface area contributed by atoms with Gasteiger partial charge in [-0.2, -0.15) is 5.10 Å². The van der Waals surface area contributed by atoms with Crippen molar-refractivity contribution in [2.24, 2.45) is 5.92 Å². The summed E-state index contributed by atoms with van der Waals surface area (Å²) >= 11 is 0. The molecule has 166 valence electrons. The van der Waals surface area contributed by atoms with Crippen molar-refractivity contribution < 1.29 is 14.3 Å². The van der Waals surface area contributed by atoms with Gasteiger partial charge in [0.1, 0.15) is 0 Å². The Morgan fingerprint density at radius 1 is 1.13 bits per heavy atom. The number of amides is 2. The Labute approximate surface area is 183 Å². The number of aromatic nitrogens is 2. The molecule has 8 heteroatoms. The summed E-state index contributed by atoms with van der Waals surface area (Å²) in [7, 11) is 0. The predicted octanol–water partition coefficient (Wildman–Crippen LogP) is 1.10. The van der Waals surface area contributed by atoms with Gasteiger partial charge in [-0.25, -0.2) is 4.68 Å². The molecular formula is C23H31N5O3. The number of morpholine rings is 1. The van der Waals surface area contributed by atoms with Crippen LogP contribution >= 0.6 is 0 Å². The molecule has 1 N–H and O–H groups in total. The summed E-state index contributed by atoms with van der Waals surface area (Å²) in [6.45, 7) is 5.04. The van der Waals surface area contributed by atoms with Gasteiger partial charge in [0, 0.05) is 32.4 Å². The minimum atomic E-state index is -0.0107. The largest absolute Gasteiger partial charge is 0.378 e. The lowest BCUT2D eigenvalue weighted by Crippen LogP contribution is -2.50. The molecule has 1 aromatic heterocycles. The lowest BCUT2D eigenvalue weighted by Gasteiger charge is -2.35. The maximum Gasteiger partial charge on any atom is 0.234 e. The zero-order valence-electron chi connectivity index (χ0n) is 17.9. The van der Waals surface area contributed by atoms with E-state index >= 15 is 0 Å². The normalized spacial score (nSPS) is 19.9. The van der Waals surface area contributed by atoms with Crippen LogP contribution in [0.25, 0.3) is 5.69 Å². The number of para-hydroxylation sites is 1. The average Bonchev–Trinajstić information content (AvgIpc) is 3.29. The molecule has 2 saturated heterocycles. The molecule has 1 atom stereocenters. The Hall–Kier alpha value is -2.71. The van der Waals surface area contributed by atoms with Crippen LogP contribution in [-0.2, 0) is 20.7 Å². The molecule has 2 aromatic rings. The summed E-state index contributed by atoms with van der Waals surface area (Å²) in [5, 5.41) is 7.40. The highest BCUT2D eigenvalue weighted by Gasteiger charge is 2.30. The van der Waals surface area contributed by atoms with E-state index in [-0.39, 0.29) is 17.7 Å². The van der Waals surface area contributed by atoms with Crippen molar-refractivity contribution in [3.8, 4) is 5.69 Å². The zero-order chi connectivity index (χ0) is 21.5. The number of nitrogens with zero attached hydrogens (tertiary/aromatic N) is 4. The number of piperidine rings is 1. The number of carbonyl (C=O) groups excluding carboxylic acids is 2. The Morgan fingerprint density at radius 3 is 2.74 bits per heavy atom. The molecule has 0 spiro atoms. The van der Waals surface area contributed by atoms with Gasteiger partial charge in [-0.1, -0.05) is 18.2 Å². The summed E-state index contributed by atoms with van der Waals surface area (Å²) in [6.07, 6.45) is 6.42. The fourth-order valence-corrected chi connectivity index (χ4v) is 4.26. The van der Waals surface area contributed by atoms with Crippen LogP contribution in [0.15, 0.2) is 42.7 Å². The molecule has 0 bridgehead atoms. The standard InChI is InChI=1S/C23H31N5O3/c29-22(24-9-8-19-15-25-28(16-19)21-6-2-1-3-7-21)18-26-10-4-5-20(17-26)23(30)27-11-13-31-14-12-27/h1-3,6-7,15-16,20H,4-5,8-14,17-18H2,(H,24,29). The van der Waals surface area contributed by atoms with Crippen molar-refractivity contribution in [1.82, 2.24) is 24.9 Å². The molecule has 0 saturated carbocycles. The molecule has 0 aliphatic carbocycles. The van der Waals surface area contributed by atoms with Gasteiger partial charge in [0.25, 0.3) is 0 Å². The number of nitrogens with one attached hydrogen (secondary N) is 1. The van der Waals surface area contributed by atoms with E-state index < -0.39 is 0 Å². The lowest BCUT2D eigenvalue weighted by atomic mass is 9.96. The summed E-state index contributed by atoms with van der Waals surface area (Å²) in [5.74, 6) is 0.210. The van der Waals surface area contributed by atoms with Crippen molar-refractivity contribution in [3.63, 3.8) is 0 Å². The monoisotopic (exact) mass is 425 g/mol. The van der Waals surface area contributed by atoms with E-state index in [4.69, 9.17) is 4.74 Å². The van der Waals surface area contributed by atoms with Crippen LogP contribution in [0, 0.1) is 5.92 Å². The van der Waals surface area contributed by atoms with Crippen molar-refractivity contribution in [2.75, 3.05) is 52.5 Å². The van der Waals surface area contributed by atoms with Gasteiger partial charge in [0.15, 0.2) is 0 Å². The van der Waals surface area contributed by atoms with Gasteiger partial charge in [0.2, 0.25) is 11.8 Å². The second-order valence-corrected chi connectivity index (χ2v) is 8.24. The average molecular weight is 426 g/mol. The first-order valence-electron chi connectivity index (χ1n) is 11.1. The second kappa shape index (κ2) is 10.5. The topological polar surface area (TPSA) is 79.7 Å². The molecule has 8 nitrogen and oxygen atoms in total. The predicted molar refractivity (Wildman–Crippen MR) is 117 cm³/mol. The fourth-order valence-electron chi connectivity index (χ4n) is 4.26. The van der Waals surface area contributed by atoms with Gasteiger partial charge in [0.05, 0.1) is 37.6 Å². The highest BCUT2D eigenvalue weighted by atomic mass is 16.5. The third-order valence-electron chi connectivity index (χ3n) is 5.94. The highest BCUT2D eigenvalue weighted by molar-refractivity contribution is 5.80. The highest BCUT2D eigenvalue weighted by Crippen LogP contribution is 2.19. The minimum Gasteiger partial charge on any atom is -0.378 e. The fraction of sp³-hybridized carbons (Fsp3) is 0.522. The molecule has 1 unspecified atom stereocenters. The maximum absolute atomic E-state index is 12.8. The number of likely N-dealkylation sites (tertiary alicyclic amines) is 1. The molecule has 2 fully saturated rings. The smallest absolute Gasteiger partial charge is 0.234 e. The number of hydrogen-bond acceptors (Lipinski definition) is 5. The number of benzene rings is 1. The van der Waals surface area contributed by atoms with Crippen molar-refractivity contribution in [1.29, 1.82) is 0 Å². The SMILES string of the molecule is O=C(CN1CCCC(C(=O)N2CCOCC2)C1)NCCc1cnn(-c2ccccc2)c1. The van der Waals surface area contributed by atoms with Crippen molar-refractivity contribution in [3.05, 3.63) is 48.3 Å². The van der Waals surface area contributed by atoms with Crippen LogP contribution in [0.2, 0.25) is 0 Å². The van der Waals surface area contributed by atoms with Crippen LogP contribution in [0.5, 0.6) is 0 Å². The first kappa shape index (κ1) is 21.5. The van der Waals surface area contributed by atoms with Crippen molar-refractivity contribution in [2.45, 2.75) is 19.3 Å². The second-order valence-electron chi connectivity index (χ2n) is 8.24. The summed E-state index contributed by atoms with van der Waals surface area (Å²) in [6, 6.07) is 9.96. The van der Waals surface area contributed by atoms with Crippen LogP contribution in [0.3, 0.4) is 0 Å². The Bertz CT molecular complexity index is 863. The van der Waals surface area contributed by atoms with Gasteiger partial charge in [-0.3, -0.25) is 14.5 Å². The quantitative estimate of drug-likeness (QED) is 0.719. The first-order chi connectivity index (χ1) is 15.2. The number of ether oxygens (including phenoxy) is 1. The maximum atomic E-state index is 12.8. The Morgan fingerprint density at radius 2 is 1.94 bits per heavy atom. The molecular weight excluding hydrogens is 394 g/mol. The first-order valence-corrected chi connectivity index (χ1v) is 11.1. The molecule has 0 radical (unpaired) electrons. The third-order valence-corrected chi connectivity index (χ3v) is 5.94. The minimum absolute atomic E-state index is 0.00919. The molecule has 31 heavy (non-hydrogen) atoms. The molecule has 2 aliphatic heterocycles. The van der Waals surface area contributed by atoms with Gasteiger partial charge < -0.3 is 15.0 Å². The molecule has 4 rings (SSSR count). The van der Waals surface area contributed by atoms with E-state index in [1.807, 2.05) is 52.3 Å². The van der Waals surface area contributed by atoms with E-state index in [9.17, 15) is 9.59 Å². The lowest BCUT2D eigenvalue weighted by molar-refractivity contribution is -0.142. The molecule has 2 amide bonds. The Kier molecular flexibility index (Phi) is 7.32. The molecule has 1 aromatic carbocycles. The summed E-state index contributed by atoms with van der Waals surface area (Å²) in [4.78, 5) is 29.2. The van der Waals surface area contributed by atoms with E-state index in [1.54, 1.807) is 0 Å². The van der Waals surface area contributed by atoms with E-state index in [0.717, 1.165) is 37.1 Å². The number of hydrogen-bond donors (Lipinski definition) is 1. The van der Waals surface area contributed by atoms with Gasteiger partial charge in [-0.05, 0) is 43.5 Å². The van der Waals surface area contributed by atoms with Gasteiger partial charge >= 0.3 is 0 Å². The Balaban J connectivity index is 1.19. The third kappa shape index (κ3) is 5.92. The van der Waals surface area contributed by atoms with Crippen LogP contribution in [0.4, 0.5) is 0 Å². The van der Waals surface area contributed by atoms with E-state index in [1.165, 1.54) is 0 Å². The van der Waals surface area contributed by atoms with Crippen LogP contribution in [0.1, 0.15) is 18.4 Å². The number of rotatable bonds is 7. The zero-order valence-corrected chi connectivity index (χ0v) is 17.9.